The van der Waals surface area contributed by atoms with Gasteiger partial charge in [0.05, 0.1) is 12.5 Å². The van der Waals surface area contributed by atoms with Crippen LogP contribution in [-0.2, 0) is 20.7 Å². The highest BCUT2D eigenvalue weighted by Gasteiger charge is 2.42. The van der Waals surface area contributed by atoms with Crippen molar-refractivity contribution in [1.82, 2.24) is 0 Å². The molecule has 0 heterocycles. The third-order valence-corrected chi connectivity index (χ3v) is 3.77. The minimum absolute atomic E-state index is 0.182. The largest absolute Gasteiger partial charge is 0.469 e. The Morgan fingerprint density at radius 1 is 1.22 bits per heavy atom. The van der Waals surface area contributed by atoms with Crippen LogP contribution in [0.1, 0.15) is 31.2 Å². The zero-order valence-corrected chi connectivity index (χ0v) is 10.6. The fraction of sp³-hybridized carbons (Fsp3) is 0.467. The van der Waals surface area contributed by atoms with Gasteiger partial charge in [0.1, 0.15) is 5.78 Å². The quantitative estimate of drug-likeness (QED) is 0.770. The van der Waals surface area contributed by atoms with E-state index in [-0.39, 0.29) is 11.8 Å². The number of methoxy groups -OCH3 is 1. The number of benzene rings is 1. The first-order valence-corrected chi connectivity index (χ1v) is 6.30. The molecular formula is C15H18O3. The maximum absolute atomic E-state index is 12.1. The van der Waals surface area contributed by atoms with E-state index in [1.165, 1.54) is 7.11 Å². The average molecular weight is 246 g/mol. The number of carbonyl (C=O) groups excluding carboxylic acids is 2. The van der Waals surface area contributed by atoms with Crippen LogP contribution in [0.25, 0.3) is 0 Å². The van der Waals surface area contributed by atoms with E-state index in [1.54, 1.807) is 0 Å². The van der Waals surface area contributed by atoms with E-state index in [1.807, 2.05) is 30.3 Å². The van der Waals surface area contributed by atoms with Crippen molar-refractivity contribution in [2.45, 2.75) is 32.1 Å². The summed E-state index contributed by atoms with van der Waals surface area (Å²) in [6.07, 6.45) is 2.85. The van der Waals surface area contributed by atoms with Gasteiger partial charge in [0.2, 0.25) is 0 Å². The molecule has 96 valence electrons. The van der Waals surface area contributed by atoms with Gasteiger partial charge >= 0.3 is 5.97 Å². The van der Waals surface area contributed by atoms with Crippen LogP contribution in [0.15, 0.2) is 30.3 Å². The molecular weight excluding hydrogens is 228 g/mol. The van der Waals surface area contributed by atoms with Crippen LogP contribution >= 0.6 is 0 Å². The molecule has 1 aliphatic rings. The molecule has 1 aromatic rings. The zero-order chi connectivity index (χ0) is 13.0. The summed E-state index contributed by atoms with van der Waals surface area (Å²) in [6.45, 7) is 0. The molecule has 1 aliphatic carbocycles. The van der Waals surface area contributed by atoms with Gasteiger partial charge < -0.3 is 4.74 Å². The second-order valence-corrected chi connectivity index (χ2v) is 4.97. The summed E-state index contributed by atoms with van der Waals surface area (Å²) in [4.78, 5) is 23.4. The highest BCUT2D eigenvalue weighted by Crippen LogP contribution is 2.39. The number of ether oxygens (including phenoxy) is 1. The third-order valence-electron chi connectivity index (χ3n) is 3.77. The lowest BCUT2D eigenvalue weighted by Gasteiger charge is -2.34. The average Bonchev–Trinajstić information content (AvgIpc) is 2.42. The zero-order valence-electron chi connectivity index (χ0n) is 10.6. The second-order valence-electron chi connectivity index (χ2n) is 4.97. The van der Waals surface area contributed by atoms with Crippen molar-refractivity contribution >= 4 is 11.8 Å². The van der Waals surface area contributed by atoms with Crippen molar-refractivity contribution in [3.05, 3.63) is 35.9 Å². The summed E-state index contributed by atoms with van der Waals surface area (Å²) < 4.78 is 4.95. The summed E-state index contributed by atoms with van der Waals surface area (Å²) in [5.74, 6) is 0.0708. The third kappa shape index (κ3) is 2.61. The summed E-state index contributed by atoms with van der Waals surface area (Å²) in [5, 5.41) is 0. The lowest BCUT2D eigenvalue weighted by atomic mass is 9.70. The van der Waals surface area contributed by atoms with Crippen LogP contribution in [0.3, 0.4) is 0 Å². The number of hydrogen-bond donors (Lipinski definition) is 0. The molecule has 0 bridgehead atoms. The van der Waals surface area contributed by atoms with Crippen molar-refractivity contribution < 1.29 is 14.3 Å². The fourth-order valence-electron chi connectivity index (χ4n) is 2.66. The summed E-state index contributed by atoms with van der Waals surface area (Å²) in [7, 11) is 1.42. The summed E-state index contributed by atoms with van der Waals surface area (Å²) >= 11 is 0. The fourth-order valence-corrected chi connectivity index (χ4v) is 2.66. The van der Waals surface area contributed by atoms with E-state index in [0.29, 0.717) is 32.1 Å². The van der Waals surface area contributed by atoms with Crippen LogP contribution in [0.4, 0.5) is 0 Å². The SMILES string of the molecule is COC(=O)C1(Cc2ccccc2)CCC(=O)CC1. The second kappa shape index (κ2) is 5.34. The standard InChI is InChI=1S/C15H18O3/c1-18-14(17)15(9-7-13(16)8-10-15)11-12-5-3-2-4-6-12/h2-6H,7-11H2,1H3. The van der Waals surface area contributed by atoms with Crippen molar-refractivity contribution in [3.8, 4) is 0 Å². The van der Waals surface area contributed by atoms with Crippen LogP contribution < -0.4 is 0 Å². The van der Waals surface area contributed by atoms with Crippen molar-refractivity contribution in [2.75, 3.05) is 7.11 Å². The Morgan fingerprint density at radius 3 is 2.39 bits per heavy atom. The lowest BCUT2D eigenvalue weighted by molar-refractivity contribution is -0.155. The van der Waals surface area contributed by atoms with Crippen molar-refractivity contribution in [2.24, 2.45) is 5.41 Å². The molecule has 0 N–H and O–H groups in total. The van der Waals surface area contributed by atoms with Gasteiger partial charge in [0.25, 0.3) is 0 Å². The van der Waals surface area contributed by atoms with Gasteiger partial charge in [-0.1, -0.05) is 30.3 Å². The normalized spacial score (nSPS) is 18.4. The Kier molecular flexibility index (Phi) is 3.80. The molecule has 0 unspecified atom stereocenters. The molecule has 3 nitrogen and oxygen atoms in total. The first kappa shape index (κ1) is 12.8. The topological polar surface area (TPSA) is 43.4 Å². The van der Waals surface area contributed by atoms with E-state index in [4.69, 9.17) is 4.74 Å². The monoisotopic (exact) mass is 246 g/mol. The molecule has 3 heteroatoms. The van der Waals surface area contributed by atoms with Crippen LogP contribution in [0, 0.1) is 5.41 Å². The number of esters is 1. The number of carbonyl (C=O) groups is 2. The maximum atomic E-state index is 12.1. The minimum atomic E-state index is -0.510. The van der Waals surface area contributed by atoms with Gasteiger partial charge in [-0.25, -0.2) is 0 Å². The molecule has 18 heavy (non-hydrogen) atoms. The van der Waals surface area contributed by atoms with E-state index in [0.717, 1.165) is 5.56 Å². The maximum Gasteiger partial charge on any atom is 0.312 e. The first-order chi connectivity index (χ1) is 8.66. The molecule has 0 spiro atoms. The van der Waals surface area contributed by atoms with Gasteiger partial charge in [-0.15, -0.1) is 0 Å². The Labute approximate surface area is 107 Å². The minimum Gasteiger partial charge on any atom is -0.469 e. The Bertz CT molecular complexity index is 426. The van der Waals surface area contributed by atoms with E-state index in [9.17, 15) is 9.59 Å². The number of ketones is 1. The molecule has 1 saturated carbocycles. The Morgan fingerprint density at radius 2 is 1.83 bits per heavy atom. The van der Waals surface area contributed by atoms with E-state index < -0.39 is 5.41 Å². The molecule has 2 rings (SSSR count). The smallest absolute Gasteiger partial charge is 0.312 e. The van der Waals surface area contributed by atoms with Gasteiger partial charge in [-0.2, -0.15) is 0 Å². The van der Waals surface area contributed by atoms with Crippen molar-refractivity contribution in [3.63, 3.8) is 0 Å². The molecule has 0 aromatic heterocycles. The van der Waals surface area contributed by atoms with Crippen LogP contribution in [-0.4, -0.2) is 18.9 Å². The highest BCUT2D eigenvalue weighted by atomic mass is 16.5. The predicted octanol–water partition coefficient (Wildman–Crippen LogP) is 2.53. The summed E-state index contributed by atoms with van der Waals surface area (Å²) in [5.41, 5.74) is 0.613. The van der Waals surface area contributed by atoms with Crippen molar-refractivity contribution in [1.29, 1.82) is 0 Å². The summed E-state index contributed by atoms with van der Waals surface area (Å²) in [6, 6.07) is 9.92. The Balaban J connectivity index is 2.20. The molecule has 0 saturated heterocycles. The molecule has 0 radical (unpaired) electrons. The van der Waals surface area contributed by atoms with Gasteiger partial charge in [-0.3, -0.25) is 9.59 Å². The van der Waals surface area contributed by atoms with Gasteiger partial charge in [-0.05, 0) is 24.8 Å². The highest BCUT2D eigenvalue weighted by molar-refractivity contribution is 5.84. The lowest BCUT2D eigenvalue weighted by Crippen LogP contribution is -2.38. The van der Waals surface area contributed by atoms with E-state index in [2.05, 4.69) is 0 Å². The van der Waals surface area contributed by atoms with Crippen LogP contribution in [0.2, 0.25) is 0 Å². The number of Topliss-reactive ketones (excluding diaryl/α,β-unsaturated/α-hetero) is 1. The molecule has 0 atom stereocenters. The number of rotatable bonds is 3. The van der Waals surface area contributed by atoms with E-state index >= 15 is 0 Å². The molecule has 1 fully saturated rings. The molecule has 1 aromatic carbocycles. The molecule has 0 aliphatic heterocycles. The number of hydrogen-bond acceptors (Lipinski definition) is 3. The van der Waals surface area contributed by atoms with Crippen LogP contribution in [0.5, 0.6) is 0 Å². The first-order valence-electron chi connectivity index (χ1n) is 6.30. The Hall–Kier alpha value is -1.64. The predicted molar refractivity (Wildman–Crippen MR) is 68.1 cm³/mol. The molecule has 0 amide bonds. The van der Waals surface area contributed by atoms with Gasteiger partial charge in [0, 0.05) is 12.8 Å². The van der Waals surface area contributed by atoms with Gasteiger partial charge in [0.15, 0.2) is 0 Å².